The van der Waals surface area contributed by atoms with Gasteiger partial charge in [0.25, 0.3) is 5.91 Å². The van der Waals surface area contributed by atoms with Gasteiger partial charge >= 0.3 is 0 Å². The van der Waals surface area contributed by atoms with Crippen molar-refractivity contribution >= 4 is 17.2 Å². The summed E-state index contributed by atoms with van der Waals surface area (Å²) >= 11 is 1.51. The molecule has 0 bridgehead atoms. The molecule has 0 radical (unpaired) electrons. The van der Waals surface area contributed by atoms with Crippen LogP contribution in [0.3, 0.4) is 0 Å². The van der Waals surface area contributed by atoms with Crippen molar-refractivity contribution in [3.63, 3.8) is 0 Å². The van der Waals surface area contributed by atoms with Crippen LogP contribution in [0, 0.1) is 13.8 Å². The van der Waals surface area contributed by atoms with Gasteiger partial charge in [-0.15, -0.1) is 11.3 Å². The average Bonchev–Trinajstić information content (AvgIpc) is 2.98. The van der Waals surface area contributed by atoms with Crippen molar-refractivity contribution in [2.24, 2.45) is 4.99 Å². The average molecular weight is 336 g/mol. The topological polar surface area (TPSA) is 34.4 Å². The fourth-order valence-electron chi connectivity index (χ4n) is 2.77. The second kappa shape index (κ2) is 6.97. The predicted molar refractivity (Wildman–Crippen MR) is 99.2 cm³/mol. The van der Waals surface area contributed by atoms with Crippen LogP contribution < -0.4 is 4.80 Å². The lowest BCUT2D eigenvalue weighted by Crippen LogP contribution is -2.17. The number of benzene rings is 2. The third-order valence-electron chi connectivity index (χ3n) is 3.99. The molecule has 1 aromatic heterocycles. The van der Waals surface area contributed by atoms with Crippen molar-refractivity contribution in [1.29, 1.82) is 0 Å². The number of amides is 1. The summed E-state index contributed by atoms with van der Waals surface area (Å²) in [6, 6.07) is 15.6. The van der Waals surface area contributed by atoms with Gasteiger partial charge in [0, 0.05) is 23.1 Å². The minimum atomic E-state index is -0.202. The smallest absolute Gasteiger partial charge is 0.279 e. The van der Waals surface area contributed by atoms with Crippen molar-refractivity contribution in [1.82, 2.24) is 4.57 Å². The molecule has 3 aromatic rings. The van der Waals surface area contributed by atoms with Crippen LogP contribution in [-0.2, 0) is 6.54 Å². The van der Waals surface area contributed by atoms with Gasteiger partial charge < -0.3 is 4.57 Å². The van der Waals surface area contributed by atoms with E-state index >= 15 is 0 Å². The number of carbonyl (C=O) groups is 1. The van der Waals surface area contributed by atoms with Crippen molar-refractivity contribution in [3.8, 4) is 11.3 Å². The molecule has 0 spiro atoms. The van der Waals surface area contributed by atoms with Gasteiger partial charge in [0.1, 0.15) is 0 Å². The molecule has 0 unspecified atom stereocenters. The van der Waals surface area contributed by atoms with Crippen molar-refractivity contribution in [3.05, 3.63) is 75.4 Å². The van der Waals surface area contributed by atoms with E-state index in [0.29, 0.717) is 5.56 Å². The van der Waals surface area contributed by atoms with Crippen LogP contribution in [0.5, 0.6) is 0 Å². The number of rotatable bonds is 3. The predicted octanol–water partition coefficient (Wildman–Crippen LogP) is 4.59. The molecule has 24 heavy (non-hydrogen) atoms. The maximum Gasteiger partial charge on any atom is 0.279 e. The first kappa shape index (κ1) is 16.4. The summed E-state index contributed by atoms with van der Waals surface area (Å²) in [5, 5.41) is 2.08. The van der Waals surface area contributed by atoms with E-state index < -0.39 is 0 Å². The van der Waals surface area contributed by atoms with Crippen LogP contribution in [0.25, 0.3) is 11.3 Å². The molecule has 3 nitrogen and oxygen atoms in total. The normalized spacial score (nSPS) is 11.7. The Morgan fingerprint density at radius 1 is 1.12 bits per heavy atom. The summed E-state index contributed by atoms with van der Waals surface area (Å²) in [7, 11) is 0. The van der Waals surface area contributed by atoms with Gasteiger partial charge in [-0.3, -0.25) is 4.79 Å². The van der Waals surface area contributed by atoms with Crippen LogP contribution in [0.15, 0.2) is 58.9 Å². The molecule has 122 valence electrons. The highest BCUT2D eigenvalue weighted by atomic mass is 32.1. The third kappa shape index (κ3) is 3.24. The maximum absolute atomic E-state index is 12.4. The minimum Gasteiger partial charge on any atom is -0.317 e. The SMILES string of the molecule is CCn1c(-c2ccc(C)cc2C)cs/c1=N\C(=O)c1ccccc1. The number of nitrogens with zero attached hydrogens (tertiary/aromatic N) is 2. The van der Waals surface area contributed by atoms with Gasteiger partial charge in [-0.2, -0.15) is 4.99 Å². The van der Waals surface area contributed by atoms with E-state index in [0.717, 1.165) is 17.0 Å². The molecule has 0 aliphatic heterocycles. The Bertz CT molecular complexity index is 936. The number of aromatic nitrogens is 1. The molecule has 2 aromatic carbocycles. The lowest BCUT2D eigenvalue weighted by molar-refractivity contribution is 0.0998. The van der Waals surface area contributed by atoms with Gasteiger partial charge in [-0.25, -0.2) is 0 Å². The molecule has 0 saturated heterocycles. The van der Waals surface area contributed by atoms with Crippen molar-refractivity contribution < 1.29 is 4.79 Å². The fraction of sp³-hybridized carbons (Fsp3) is 0.200. The largest absolute Gasteiger partial charge is 0.317 e. The molecular formula is C20H20N2OS. The monoisotopic (exact) mass is 336 g/mol. The Hall–Kier alpha value is -2.46. The lowest BCUT2D eigenvalue weighted by Gasteiger charge is -2.09. The van der Waals surface area contributed by atoms with E-state index in [9.17, 15) is 4.79 Å². The Morgan fingerprint density at radius 2 is 1.88 bits per heavy atom. The molecular weight excluding hydrogens is 316 g/mol. The fourth-order valence-corrected chi connectivity index (χ4v) is 3.73. The molecule has 3 rings (SSSR count). The standard InChI is InChI=1S/C20H20N2OS/c1-4-22-18(17-11-10-14(2)12-15(17)3)13-24-20(22)21-19(23)16-8-6-5-7-9-16/h5-13H,4H2,1-3H3/b21-20-. The van der Waals surface area contributed by atoms with Gasteiger partial charge in [0.15, 0.2) is 4.80 Å². The zero-order valence-electron chi connectivity index (χ0n) is 14.1. The van der Waals surface area contributed by atoms with Gasteiger partial charge in [-0.05, 0) is 38.5 Å². The molecule has 1 amide bonds. The second-order valence-corrected chi connectivity index (χ2v) is 6.59. The highest BCUT2D eigenvalue weighted by Crippen LogP contribution is 2.24. The summed E-state index contributed by atoms with van der Waals surface area (Å²) in [5.41, 5.74) is 5.39. The number of aryl methyl sites for hydroxylation is 2. The van der Waals surface area contributed by atoms with E-state index in [4.69, 9.17) is 0 Å². The van der Waals surface area contributed by atoms with Crippen LogP contribution in [0.4, 0.5) is 0 Å². The minimum absolute atomic E-state index is 0.202. The van der Waals surface area contributed by atoms with E-state index in [1.165, 1.54) is 28.0 Å². The van der Waals surface area contributed by atoms with E-state index in [-0.39, 0.29) is 5.91 Å². The van der Waals surface area contributed by atoms with Crippen molar-refractivity contribution in [2.75, 3.05) is 0 Å². The summed E-state index contributed by atoms with van der Waals surface area (Å²) in [4.78, 5) is 17.4. The van der Waals surface area contributed by atoms with Crippen molar-refractivity contribution in [2.45, 2.75) is 27.3 Å². The first-order valence-electron chi connectivity index (χ1n) is 8.00. The van der Waals surface area contributed by atoms with Crippen LogP contribution in [0.1, 0.15) is 28.4 Å². The highest BCUT2D eigenvalue weighted by molar-refractivity contribution is 7.07. The molecule has 0 aliphatic rings. The second-order valence-electron chi connectivity index (χ2n) is 5.75. The third-order valence-corrected chi connectivity index (χ3v) is 4.85. The number of hydrogen-bond donors (Lipinski definition) is 0. The quantitative estimate of drug-likeness (QED) is 0.688. The molecule has 0 N–H and O–H groups in total. The first-order valence-corrected chi connectivity index (χ1v) is 8.88. The molecule has 1 heterocycles. The maximum atomic E-state index is 12.4. The Morgan fingerprint density at radius 3 is 2.54 bits per heavy atom. The van der Waals surface area contributed by atoms with E-state index in [1.807, 2.05) is 18.2 Å². The Balaban J connectivity index is 2.07. The van der Waals surface area contributed by atoms with Gasteiger partial charge in [0.2, 0.25) is 0 Å². The molecule has 0 fully saturated rings. The zero-order valence-corrected chi connectivity index (χ0v) is 14.9. The summed E-state index contributed by atoms with van der Waals surface area (Å²) in [5.74, 6) is -0.202. The zero-order chi connectivity index (χ0) is 17.1. The lowest BCUT2D eigenvalue weighted by atomic mass is 10.0. The number of thiazole rings is 1. The molecule has 4 heteroatoms. The van der Waals surface area contributed by atoms with E-state index in [1.54, 1.807) is 12.1 Å². The Labute approximate surface area is 145 Å². The molecule has 0 aliphatic carbocycles. The summed E-state index contributed by atoms with van der Waals surface area (Å²) in [6.45, 7) is 7.06. The summed E-state index contributed by atoms with van der Waals surface area (Å²) in [6.07, 6.45) is 0. The van der Waals surface area contributed by atoms with Gasteiger partial charge in [0.05, 0.1) is 5.69 Å². The first-order chi connectivity index (χ1) is 11.6. The number of hydrogen-bond acceptors (Lipinski definition) is 2. The van der Waals surface area contributed by atoms with E-state index in [2.05, 4.69) is 53.9 Å². The van der Waals surface area contributed by atoms with Crippen LogP contribution in [-0.4, -0.2) is 10.5 Å². The number of carbonyl (C=O) groups excluding carboxylic acids is 1. The summed E-state index contributed by atoms with van der Waals surface area (Å²) < 4.78 is 2.10. The van der Waals surface area contributed by atoms with Crippen LogP contribution in [0.2, 0.25) is 0 Å². The highest BCUT2D eigenvalue weighted by Gasteiger charge is 2.11. The van der Waals surface area contributed by atoms with Gasteiger partial charge in [-0.1, -0.05) is 42.0 Å². The molecule has 0 atom stereocenters. The molecule has 0 saturated carbocycles. The van der Waals surface area contributed by atoms with Crippen LogP contribution >= 0.6 is 11.3 Å². The Kier molecular flexibility index (Phi) is 4.76.